The van der Waals surface area contributed by atoms with Crippen molar-refractivity contribution < 1.29 is 4.79 Å². The highest BCUT2D eigenvalue weighted by atomic mass is 79.9. The number of anilines is 2. The van der Waals surface area contributed by atoms with Gasteiger partial charge in [-0.2, -0.15) is 0 Å². The number of para-hydroxylation sites is 2. The van der Waals surface area contributed by atoms with Gasteiger partial charge < -0.3 is 9.80 Å². The Kier molecular flexibility index (Phi) is 3.55. The third-order valence-electron chi connectivity index (χ3n) is 3.68. The Morgan fingerprint density at radius 1 is 0.952 bits per heavy atom. The molecule has 21 heavy (non-hydrogen) atoms. The van der Waals surface area contributed by atoms with Crippen LogP contribution in [0.1, 0.15) is 10.4 Å². The van der Waals surface area contributed by atoms with Gasteiger partial charge in [-0.3, -0.25) is 4.79 Å². The van der Waals surface area contributed by atoms with Crippen molar-refractivity contribution in [1.29, 1.82) is 0 Å². The number of carbonyl (C=O) groups excluding carboxylic acids is 1. The summed E-state index contributed by atoms with van der Waals surface area (Å²) in [5.41, 5.74) is 2.90. The van der Waals surface area contributed by atoms with Gasteiger partial charge in [0.25, 0.3) is 0 Å². The topological polar surface area (TPSA) is 23.6 Å². The number of carbonyl (C=O) groups is 1. The highest BCUT2D eigenvalue weighted by Crippen LogP contribution is 2.39. The first-order chi connectivity index (χ1) is 10.1. The summed E-state index contributed by atoms with van der Waals surface area (Å²) >= 11 is 3.38. The van der Waals surface area contributed by atoms with E-state index in [2.05, 4.69) is 28.1 Å². The van der Waals surface area contributed by atoms with Gasteiger partial charge in [0.05, 0.1) is 11.4 Å². The molecule has 0 bridgehead atoms. The number of hydrogen-bond donors (Lipinski definition) is 0. The van der Waals surface area contributed by atoms with Crippen LogP contribution in [-0.4, -0.2) is 19.9 Å². The lowest BCUT2D eigenvalue weighted by Crippen LogP contribution is -2.23. The zero-order valence-electron chi connectivity index (χ0n) is 11.9. The largest absolute Gasteiger partial charge is 0.329 e. The first-order valence-corrected chi connectivity index (χ1v) is 7.45. The van der Waals surface area contributed by atoms with E-state index in [0.29, 0.717) is 5.56 Å². The smallest absolute Gasteiger partial charge is 0.189 e. The lowest BCUT2D eigenvalue weighted by Gasteiger charge is -2.18. The van der Waals surface area contributed by atoms with E-state index < -0.39 is 0 Å². The Morgan fingerprint density at radius 3 is 2.00 bits per heavy atom. The van der Waals surface area contributed by atoms with Crippen molar-refractivity contribution in [1.82, 2.24) is 0 Å². The molecule has 4 heteroatoms. The van der Waals surface area contributed by atoms with Crippen molar-refractivity contribution in [3.63, 3.8) is 0 Å². The number of fused-ring (bicyclic) bond motifs is 1. The summed E-state index contributed by atoms with van der Waals surface area (Å²) in [6, 6.07) is 15.5. The standard InChI is InChI=1S/C17H15BrN2O/c1-19-14-5-3-4-6-15(14)20(2)17(19)11-16(21)12-7-9-13(18)10-8-12/h3-11H,1-2H3. The van der Waals surface area contributed by atoms with Crippen molar-refractivity contribution >= 4 is 33.1 Å². The molecule has 106 valence electrons. The monoisotopic (exact) mass is 342 g/mol. The number of nitrogens with zero attached hydrogens (tertiary/aromatic N) is 2. The van der Waals surface area contributed by atoms with Crippen molar-refractivity contribution in [3.8, 4) is 0 Å². The minimum Gasteiger partial charge on any atom is -0.329 e. The Hall–Kier alpha value is -2.07. The zero-order chi connectivity index (χ0) is 15.0. The van der Waals surface area contributed by atoms with Crippen LogP contribution in [0.4, 0.5) is 11.4 Å². The fourth-order valence-corrected chi connectivity index (χ4v) is 2.78. The summed E-state index contributed by atoms with van der Waals surface area (Å²) in [4.78, 5) is 16.5. The average molecular weight is 343 g/mol. The molecule has 0 aromatic heterocycles. The molecule has 2 aromatic rings. The van der Waals surface area contributed by atoms with E-state index in [1.54, 1.807) is 6.08 Å². The summed E-state index contributed by atoms with van der Waals surface area (Å²) in [6.45, 7) is 0. The number of allylic oxidation sites excluding steroid dienone is 1. The Bertz CT molecular complexity index is 691. The van der Waals surface area contributed by atoms with Gasteiger partial charge in [0, 0.05) is 30.2 Å². The molecule has 2 aromatic carbocycles. The summed E-state index contributed by atoms with van der Waals surface area (Å²) in [7, 11) is 3.95. The van der Waals surface area contributed by atoms with Crippen LogP contribution in [0.5, 0.6) is 0 Å². The van der Waals surface area contributed by atoms with Crippen LogP contribution >= 0.6 is 15.9 Å². The number of halogens is 1. The van der Waals surface area contributed by atoms with Crippen molar-refractivity contribution in [2.45, 2.75) is 0 Å². The molecule has 1 heterocycles. The highest BCUT2D eigenvalue weighted by molar-refractivity contribution is 9.10. The quantitative estimate of drug-likeness (QED) is 0.607. The maximum atomic E-state index is 12.4. The summed E-state index contributed by atoms with van der Waals surface area (Å²) < 4.78 is 0.967. The molecule has 0 radical (unpaired) electrons. The molecule has 0 N–H and O–H groups in total. The molecule has 0 saturated heterocycles. The van der Waals surface area contributed by atoms with Crippen LogP contribution in [-0.2, 0) is 0 Å². The van der Waals surface area contributed by atoms with E-state index >= 15 is 0 Å². The second-order valence-electron chi connectivity index (χ2n) is 4.98. The minimum atomic E-state index is 0.00371. The van der Waals surface area contributed by atoms with E-state index in [1.165, 1.54) is 0 Å². The number of rotatable bonds is 2. The van der Waals surface area contributed by atoms with Crippen LogP contribution in [0.2, 0.25) is 0 Å². The first-order valence-electron chi connectivity index (χ1n) is 6.66. The number of hydrogen-bond acceptors (Lipinski definition) is 3. The molecule has 0 spiro atoms. The molecule has 1 aliphatic heterocycles. The van der Waals surface area contributed by atoms with Crippen LogP contribution in [0.3, 0.4) is 0 Å². The molecule has 3 rings (SSSR count). The molecule has 0 atom stereocenters. The highest BCUT2D eigenvalue weighted by Gasteiger charge is 2.26. The van der Waals surface area contributed by atoms with Gasteiger partial charge in [0.15, 0.2) is 5.78 Å². The van der Waals surface area contributed by atoms with E-state index in [1.807, 2.05) is 60.3 Å². The number of ketones is 1. The lowest BCUT2D eigenvalue weighted by atomic mass is 10.1. The van der Waals surface area contributed by atoms with Crippen LogP contribution in [0.15, 0.2) is 64.9 Å². The Balaban J connectivity index is 1.94. The number of benzene rings is 2. The Labute approximate surface area is 132 Å². The fraction of sp³-hybridized carbons (Fsp3) is 0.118. The second kappa shape index (κ2) is 5.37. The van der Waals surface area contributed by atoms with E-state index in [4.69, 9.17) is 0 Å². The first kappa shape index (κ1) is 13.9. The summed E-state index contributed by atoms with van der Waals surface area (Å²) in [5, 5.41) is 0. The predicted molar refractivity (Wildman–Crippen MR) is 89.8 cm³/mol. The SMILES string of the molecule is CN1C(=CC(=O)c2ccc(Br)cc2)N(C)c2ccccc21. The summed E-state index contributed by atoms with van der Waals surface area (Å²) in [5.74, 6) is 0.883. The molecule has 3 nitrogen and oxygen atoms in total. The van der Waals surface area contributed by atoms with Gasteiger partial charge in [-0.05, 0) is 36.4 Å². The molecule has 0 aliphatic carbocycles. The maximum absolute atomic E-state index is 12.4. The molecular formula is C17H15BrN2O. The third kappa shape index (κ3) is 2.47. The van der Waals surface area contributed by atoms with Gasteiger partial charge in [0.1, 0.15) is 5.82 Å². The maximum Gasteiger partial charge on any atom is 0.189 e. The molecule has 1 aliphatic rings. The minimum absolute atomic E-state index is 0.00371. The van der Waals surface area contributed by atoms with Gasteiger partial charge in [-0.1, -0.05) is 28.1 Å². The van der Waals surface area contributed by atoms with Gasteiger partial charge in [0.2, 0.25) is 0 Å². The van der Waals surface area contributed by atoms with Crippen molar-refractivity contribution in [2.24, 2.45) is 0 Å². The molecule has 0 saturated carbocycles. The zero-order valence-corrected chi connectivity index (χ0v) is 13.5. The van der Waals surface area contributed by atoms with Gasteiger partial charge in [-0.15, -0.1) is 0 Å². The molecular weight excluding hydrogens is 328 g/mol. The lowest BCUT2D eigenvalue weighted by molar-refractivity contribution is 0.104. The molecule has 0 unspecified atom stereocenters. The van der Waals surface area contributed by atoms with E-state index in [9.17, 15) is 4.79 Å². The normalized spacial score (nSPS) is 13.4. The van der Waals surface area contributed by atoms with Crippen LogP contribution in [0.25, 0.3) is 0 Å². The van der Waals surface area contributed by atoms with Crippen molar-refractivity contribution in [3.05, 3.63) is 70.5 Å². The predicted octanol–water partition coefficient (Wildman–Crippen LogP) is 4.06. The van der Waals surface area contributed by atoms with Crippen LogP contribution < -0.4 is 9.80 Å². The van der Waals surface area contributed by atoms with Gasteiger partial charge >= 0.3 is 0 Å². The third-order valence-corrected chi connectivity index (χ3v) is 4.21. The van der Waals surface area contributed by atoms with Gasteiger partial charge in [-0.25, -0.2) is 0 Å². The fourth-order valence-electron chi connectivity index (χ4n) is 2.51. The van der Waals surface area contributed by atoms with Crippen LogP contribution in [0, 0.1) is 0 Å². The van der Waals surface area contributed by atoms with E-state index in [-0.39, 0.29) is 5.78 Å². The molecule has 0 fully saturated rings. The summed E-state index contributed by atoms with van der Waals surface area (Å²) in [6.07, 6.45) is 1.68. The Morgan fingerprint density at radius 2 is 1.48 bits per heavy atom. The molecule has 0 amide bonds. The van der Waals surface area contributed by atoms with Crippen molar-refractivity contribution in [2.75, 3.05) is 23.9 Å². The second-order valence-corrected chi connectivity index (χ2v) is 5.90. The average Bonchev–Trinajstić information content (AvgIpc) is 2.73. The van der Waals surface area contributed by atoms with E-state index in [0.717, 1.165) is 21.7 Å².